The standard InChI is InChI=1S/C39H52N2O15S3/c1-6-7-19-40(35-18-11-17-33(30(35)4)37(42)43)28(2)15-9-8-10-16-29(3)41(20-12-23-57(46,47)48)36-27-32(38(44)55-21-13-24-58(49,50)51)26-34(31(36)5)39(45)56-22-14-25-59(52,53)54/h8-11,15-18,26-27H,6-7,12-14,19-25H2,1-5H3,(H3-,42,43,46,47,48,49,50,51,52,53,54)/p+1. The molecule has 17 nitrogen and oxygen atoms in total. The lowest BCUT2D eigenvalue weighted by atomic mass is 10.0. The Labute approximate surface area is 346 Å². The first kappa shape index (κ1) is 50.4. The Bertz CT molecular complexity index is 2300. The van der Waals surface area contributed by atoms with E-state index in [4.69, 9.17) is 18.6 Å². The van der Waals surface area contributed by atoms with Crippen LogP contribution in [0.1, 0.15) is 95.1 Å². The highest BCUT2D eigenvalue weighted by molar-refractivity contribution is 7.86. The number of hydrogen-bond acceptors (Lipinski definition) is 12. The van der Waals surface area contributed by atoms with Gasteiger partial charge in [-0.1, -0.05) is 37.6 Å². The fourth-order valence-corrected chi connectivity index (χ4v) is 7.22. The molecule has 0 radical (unpaired) electrons. The van der Waals surface area contributed by atoms with Crippen molar-refractivity contribution in [3.63, 3.8) is 0 Å². The summed E-state index contributed by atoms with van der Waals surface area (Å²) in [5, 5.41) is 9.66. The molecule has 0 atom stereocenters. The normalized spacial score (nSPS) is 13.1. The number of carboxylic acid groups (broad SMARTS) is 1. The molecule has 2 rings (SSSR count). The lowest BCUT2D eigenvalue weighted by Gasteiger charge is -2.28. The predicted octanol–water partition coefficient (Wildman–Crippen LogP) is 5.58. The number of ether oxygens (including phenoxy) is 2. The number of nitrogens with zero attached hydrogens (tertiary/aromatic N) is 2. The Kier molecular flexibility index (Phi) is 19.8. The third-order valence-electron chi connectivity index (χ3n) is 8.78. The molecule has 0 heterocycles. The predicted molar refractivity (Wildman–Crippen MR) is 223 cm³/mol. The van der Waals surface area contributed by atoms with Gasteiger partial charge in [0.15, 0.2) is 5.71 Å². The fraction of sp³-hybridized carbons (Fsp3) is 0.436. The van der Waals surface area contributed by atoms with E-state index in [-0.39, 0.29) is 53.7 Å². The van der Waals surface area contributed by atoms with Gasteiger partial charge in [-0.25, -0.2) is 14.4 Å². The average Bonchev–Trinajstić information content (AvgIpc) is 3.13. The fourth-order valence-electron chi connectivity index (χ4n) is 5.76. The van der Waals surface area contributed by atoms with Crippen molar-refractivity contribution in [1.29, 1.82) is 0 Å². The number of carbonyl (C=O) groups excluding carboxylic acids is 2. The van der Waals surface area contributed by atoms with Crippen LogP contribution in [0.2, 0.25) is 0 Å². The van der Waals surface area contributed by atoms with Crippen LogP contribution >= 0.6 is 0 Å². The van der Waals surface area contributed by atoms with Crippen LogP contribution in [0.3, 0.4) is 0 Å². The smallest absolute Gasteiger partial charge is 0.338 e. The molecule has 0 saturated carbocycles. The zero-order valence-corrected chi connectivity index (χ0v) is 36.1. The van der Waals surface area contributed by atoms with Gasteiger partial charge in [0.25, 0.3) is 30.4 Å². The second kappa shape index (κ2) is 23.2. The number of allylic oxidation sites excluding steroid dienone is 6. The molecule has 0 aliphatic rings. The molecule has 0 unspecified atom stereocenters. The Morgan fingerprint density at radius 2 is 1.32 bits per heavy atom. The summed E-state index contributed by atoms with van der Waals surface area (Å²) in [6.45, 7) is 8.71. The van der Waals surface area contributed by atoms with Crippen molar-refractivity contribution in [2.24, 2.45) is 0 Å². The lowest BCUT2D eigenvalue weighted by molar-refractivity contribution is -0.441. The average molecular weight is 886 g/mol. The van der Waals surface area contributed by atoms with Crippen LogP contribution in [0.15, 0.2) is 66.4 Å². The van der Waals surface area contributed by atoms with E-state index in [2.05, 4.69) is 6.92 Å². The minimum Gasteiger partial charge on any atom is -0.478 e. The third-order valence-corrected chi connectivity index (χ3v) is 11.2. The molecule has 0 aromatic heterocycles. The summed E-state index contributed by atoms with van der Waals surface area (Å²) in [5.41, 5.74) is 3.09. The van der Waals surface area contributed by atoms with Crippen molar-refractivity contribution < 1.29 is 72.5 Å². The Balaban J connectivity index is 2.61. The maximum absolute atomic E-state index is 13.3. The highest BCUT2D eigenvalue weighted by atomic mass is 32.2. The van der Waals surface area contributed by atoms with E-state index in [1.165, 1.54) is 13.0 Å². The number of benzene rings is 2. The first-order valence-corrected chi connectivity index (χ1v) is 23.4. The van der Waals surface area contributed by atoms with Crippen molar-refractivity contribution in [3.8, 4) is 0 Å². The number of unbranched alkanes of at least 4 members (excludes halogenated alkanes) is 1. The summed E-state index contributed by atoms with van der Waals surface area (Å²) in [6, 6.07) is 7.65. The molecule has 0 aliphatic carbocycles. The van der Waals surface area contributed by atoms with Gasteiger partial charge in [-0.15, -0.1) is 0 Å². The van der Waals surface area contributed by atoms with Crippen molar-refractivity contribution >= 4 is 65.3 Å². The molecular weight excluding hydrogens is 833 g/mol. The van der Waals surface area contributed by atoms with Gasteiger partial charge in [-0.2, -0.15) is 29.8 Å². The maximum Gasteiger partial charge on any atom is 0.338 e. The molecule has 0 aliphatic heterocycles. The Hall–Kier alpha value is -4.73. The number of rotatable bonds is 24. The van der Waals surface area contributed by atoms with E-state index in [0.717, 1.165) is 30.3 Å². The molecule has 2 aromatic carbocycles. The van der Waals surface area contributed by atoms with E-state index in [1.54, 1.807) is 55.2 Å². The van der Waals surface area contributed by atoms with Crippen molar-refractivity contribution in [2.75, 3.05) is 48.5 Å². The summed E-state index contributed by atoms with van der Waals surface area (Å²) in [5.74, 6) is -4.94. The first-order chi connectivity index (χ1) is 27.5. The second-order valence-electron chi connectivity index (χ2n) is 13.5. The minimum absolute atomic E-state index is 0.0453. The number of anilines is 1. The van der Waals surface area contributed by atoms with Gasteiger partial charge in [0.2, 0.25) is 5.69 Å². The summed E-state index contributed by atoms with van der Waals surface area (Å²) < 4.78 is 108. The topological polar surface area (TPSA) is 259 Å². The monoisotopic (exact) mass is 885 g/mol. The third kappa shape index (κ3) is 18.0. The molecule has 0 saturated heterocycles. The van der Waals surface area contributed by atoms with Gasteiger partial charge >= 0.3 is 17.9 Å². The van der Waals surface area contributed by atoms with E-state index >= 15 is 0 Å². The first-order valence-electron chi connectivity index (χ1n) is 18.5. The van der Waals surface area contributed by atoms with Gasteiger partial charge in [0.05, 0.1) is 47.2 Å². The van der Waals surface area contributed by atoms with Crippen LogP contribution in [0, 0.1) is 13.8 Å². The molecule has 4 N–H and O–H groups in total. The summed E-state index contributed by atoms with van der Waals surface area (Å²) in [6.07, 6.45) is 9.92. The number of aromatic carboxylic acids is 1. The van der Waals surface area contributed by atoms with Crippen LogP contribution in [-0.4, -0.2) is 116 Å². The number of carbonyl (C=O) groups is 3. The van der Waals surface area contributed by atoms with Gasteiger partial charge in [-0.3, -0.25) is 13.7 Å². The number of carboxylic acids is 1. The number of esters is 2. The van der Waals surface area contributed by atoms with Crippen LogP contribution < -0.4 is 4.90 Å². The van der Waals surface area contributed by atoms with Crippen molar-refractivity contribution in [1.82, 2.24) is 0 Å². The van der Waals surface area contributed by atoms with E-state index in [9.17, 15) is 49.3 Å². The zero-order chi connectivity index (χ0) is 44.6. The molecular formula is C39H53N2O15S3+. The summed E-state index contributed by atoms with van der Waals surface area (Å²) in [4.78, 5) is 39.9. The van der Waals surface area contributed by atoms with Gasteiger partial charge in [0, 0.05) is 49.0 Å². The Morgan fingerprint density at radius 1 is 0.746 bits per heavy atom. The van der Waals surface area contributed by atoms with Crippen molar-refractivity contribution in [2.45, 2.75) is 66.7 Å². The molecule has 0 fully saturated rings. The quantitative estimate of drug-likeness (QED) is 0.0251. The molecule has 20 heteroatoms. The van der Waals surface area contributed by atoms with Gasteiger partial charge in [0.1, 0.15) is 6.54 Å². The van der Waals surface area contributed by atoms with E-state index in [1.807, 2.05) is 23.6 Å². The zero-order valence-electron chi connectivity index (χ0n) is 33.7. The highest BCUT2D eigenvalue weighted by Crippen LogP contribution is 2.30. The van der Waals surface area contributed by atoms with Crippen LogP contribution in [0.4, 0.5) is 11.4 Å². The van der Waals surface area contributed by atoms with Gasteiger partial charge in [-0.05, 0) is 69.9 Å². The van der Waals surface area contributed by atoms with Crippen LogP contribution in [-0.2, 0) is 39.8 Å². The summed E-state index contributed by atoms with van der Waals surface area (Å²) >= 11 is 0. The largest absolute Gasteiger partial charge is 0.478 e. The molecule has 2 aromatic rings. The molecule has 326 valence electrons. The molecule has 0 bridgehead atoms. The second-order valence-corrected chi connectivity index (χ2v) is 18.2. The van der Waals surface area contributed by atoms with Crippen molar-refractivity contribution in [3.05, 3.63) is 94.2 Å². The highest BCUT2D eigenvalue weighted by Gasteiger charge is 2.24. The van der Waals surface area contributed by atoms with E-state index in [0.29, 0.717) is 17.8 Å². The molecule has 59 heavy (non-hydrogen) atoms. The minimum atomic E-state index is -4.38. The molecule has 0 spiro atoms. The van der Waals surface area contributed by atoms with Crippen LogP contribution in [0.5, 0.6) is 0 Å². The summed E-state index contributed by atoms with van der Waals surface area (Å²) in [7, 11) is -13.0. The van der Waals surface area contributed by atoms with Crippen LogP contribution in [0.25, 0.3) is 0 Å². The molecule has 0 amide bonds. The SMILES string of the molecule is CCCC[N+](=C(C)C=CC=CC=C(C)N(CCCS(=O)(=O)O)c1cc(C(=O)OCCCS(=O)(=O)O)cc(C(=O)OCCCS(=O)(=O)O)c1C)c1cccc(C(=O)O)c1C. The van der Waals surface area contributed by atoms with Gasteiger partial charge < -0.3 is 19.5 Å². The maximum atomic E-state index is 13.3. The van der Waals surface area contributed by atoms with E-state index < -0.39 is 78.7 Å². The lowest BCUT2D eigenvalue weighted by Crippen LogP contribution is -2.26. The Morgan fingerprint density at radius 3 is 1.88 bits per heavy atom. The number of hydrogen-bond donors (Lipinski definition) is 4.